The summed E-state index contributed by atoms with van der Waals surface area (Å²) >= 11 is 0. The highest BCUT2D eigenvalue weighted by Gasteiger charge is 2.16. The summed E-state index contributed by atoms with van der Waals surface area (Å²) in [5.41, 5.74) is 8.69. The van der Waals surface area contributed by atoms with E-state index in [2.05, 4.69) is 19.9 Å². The van der Waals surface area contributed by atoms with E-state index < -0.39 is 11.9 Å². The van der Waals surface area contributed by atoms with Gasteiger partial charge < -0.3 is 15.3 Å². The molecule has 3 N–H and O–H groups in total. The van der Waals surface area contributed by atoms with Gasteiger partial charge in [-0.1, -0.05) is 24.3 Å². The second-order valence-electron chi connectivity index (χ2n) is 6.34. The third kappa shape index (κ3) is 3.53. The molecule has 0 unspecified atom stereocenters. The van der Waals surface area contributed by atoms with Gasteiger partial charge in [-0.25, -0.2) is 9.97 Å². The van der Waals surface area contributed by atoms with Crippen LogP contribution in [0.2, 0.25) is 0 Å². The molecule has 0 saturated heterocycles. The zero-order valence-corrected chi connectivity index (χ0v) is 15.3. The van der Waals surface area contributed by atoms with Gasteiger partial charge in [-0.15, -0.1) is 0 Å². The SMILES string of the molecule is Cn1cc(F)nc1C(=O)c1ccc(-c2cnc3[nH]cc(C=CC(N)=O)c3n2)cc1. The van der Waals surface area contributed by atoms with Crippen LogP contribution in [0.25, 0.3) is 28.5 Å². The monoisotopic (exact) mass is 390 g/mol. The van der Waals surface area contributed by atoms with E-state index in [0.29, 0.717) is 28.0 Å². The fraction of sp³-hybridized carbons (Fsp3) is 0.0500. The average Bonchev–Trinajstić information content (AvgIpc) is 3.27. The van der Waals surface area contributed by atoms with Crippen LogP contribution in [0, 0.1) is 5.95 Å². The molecular weight excluding hydrogens is 375 g/mol. The van der Waals surface area contributed by atoms with Crippen molar-refractivity contribution in [3.05, 3.63) is 71.8 Å². The number of carbonyl (C=O) groups is 2. The number of hydrogen-bond donors (Lipinski definition) is 2. The number of primary amides is 1. The number of amides is 1. The van der Waals surface area contributed by atoms with Crippen LogP contribution in [0.15, 0.2) is 48.9 Å². The first-order valence-electron chi connectivity index (χ1n) is 8.58. The van der Waals surface area contributed by atoms with Gasteiger partial charge in [0.25, 0.3) is 0 Å². The number of H-pyrrole nitrogens is 1. The number of aryl methyl sites for hydroxylation is 1. The summed E-state index contributed by atoms with van der Waals surface area (Å²) in [7, 11) is 1.56. The summed E-state index contributed by atoms with van der Waals surface area (Å²) in [6.45, 7) is 0. The Kier molecular flexibility index (Phi) is 4.47. The molecule has 0 saturated carbocycles. The molecule has 0 aliphatic heterocycles. The lowest BCUT2D eigenvalue weighted by molar-refractivity contribution is -0.113. The Morgan fingerprint density at radius 2 is 1.97 bits per heavy atom. The minimum absolute atomic E-state index is 0.0228. The standard InChI is InChI=1S/C20H15FN6O2/c1-27-10-15(21)26-20(27)18(29)12-4-2-11(3-5-12)14-9-24-19-17(25-14)13(8-23-19)6-7-16(22)28/h2-10H,1H3,(H2,22,28)(H,23,24). The lowest BCUT2D eigenvalue weighted by atomic mass is 10.1. The number of imidazole rings is 1. The smallest absolute Gasteiger partial charge is 0.241 e. The Bertz CT molecular complexity index is 1270. The summed E-state index contributed by atoms with van der Waals surface area (Å²) in [6.07, 6.45) is 7.24. The van der Waals surface area contributed by atoms with Gasteiger partial charge in [-0.3, -0.25) is 9.59 Å². The van der Waals surface area contributed by atoms with Crippen LogP contribution in [0.1, 0.15) is 21.7 Å². The number of aromatic amines is 1. The van der Waals surface area contributed by atoms with Gasteiger partial charge in [0.2, 0.25) is 17.6 Å². The Morgan fingerprint density at radius 3 is 2.62 bits per heavy atom. The van der Waals surface area contributed by atoms with Crippen LogP contribution in [0.4, 0.5) is 4.39 Å². The molecule has 1 amide bonds. The summed E-state index contributed by atoms with van der Waals surface area (Å²) in [4.78, 5) is 39.0. The summed E-state index contributed by atoms with van der Waals surface area (Å²) in [5, 5.41) is 0. The van der Waals surface area contributed by atoms with Crippen molar-refractivity contribution in [1.29, 1.82) is 0 Å². The lowest BCUT2D eigenvalue weighted by Crippen LogP contribution is -2.08. The molecular formula is C20H15FN6O2. The number of benzene rings is 1. The van der Waals surface area contributed by atoms with Crippen molar-refractivity contribution in [2.24, 2.45) is 12.8 Å². The van der Waals surface area contributed by atoms with Crippen molar-refractivity contribution in [2.75, 3.05) is 0 Å². The van der Waals surface area contributed by atoms with Gasteiger partial charge in [0.1, 0.15) is 5.52 Å². The molecule has 144 valence electrons. The molecule has 3 heterocycles. The third-order valence-corrected chi connectivity index (χ3v) is 4.33. The van der Waals surface area contributed by atoms with Crippen molar-refractivity contribution in [2.45, 2.75) is 0 Å². The molecule has 0 radical (unpaired) electrons. The second kappa shape index (κ2) is 7.12. The maximum atomic E-state index is 13.2. The van der Waals surface area contributed by atoms with Crippen LogP contribution in [-0.2, 0) is 11.8 Å². The minimum Gasteiger partial charge on any atom is -0.366 e. The molecule has 0 bridgehead atoms. The van der Waals surface area contributed by atoms with Crippen LogP contribution in [0.3, 0.4) is 0 Å². The van der Waals surface area contributed by atoms with E-state index >= 15 is 0 Å². The van der Waals surface area contributed by atoms with Crippen molar-refractivity contribution in [3.63, 3.8) is 0 Å². The van der Waals surface area contributed by atoms with E-state index in [-0.39, 0.29) is 11.6 Å². The Morgan fingerprint density at radius 1 is 1.21 bits per heavy atom. The lowest BCUT2D eigenvalue weighted by Gasteiger charge is -2.04. The molecule has 0 atom stereocenters. The van der Waals surface area contributed by atoms with E-state index in [9.17, 15) is 14.0 Å². The highest BCUT2D eigenvalue weighted by Crippen LogP contribution is 2.23. The molecule has 4 aromatic rings. The zero-order chi connectivity index (χ0) is 20.5. The molecule has 0 spiro atoms. The number of nitrogens with one attached hydrogen (secondary N) is 1. The van der Waals surface area contributed by atoms with Gasteiger partial charge in [-0.2, -0.15) is 9.37 Å². The largest absolute Gasteiger partial charge is 0.366 e. The molecule has 1 aromatic carbocycles. The molecule has 4 rings (SSSR count). The Balaban J connectivity index is 1.66. The highest BCUT2D eigenvalue weighted by molar-refractivity contribution is 6.06. The first kappa shape index (κ1) is 18.2. The number of carbonyl (C=O) groups excluding carboxylic acids is 2. The van der Waals surface area contributed by atoms with E-state index in [0.717, 1.165) is 11.8 Å². The quantitative estimate of drug-likeness (QED) is 0.400. The van der Waals surface area contributed by atoms with E-state index in [1.54, 1.807) is 49.8 Å². The zero-order valence-electron chi connectivity index (χ0n) is 15.3. The van der Waals surface area contributed by atoms with Crippen molar-refractivity contribution in [1.82, 2.24) is 24.5 Å². The molecule has 0 fully saturated rings. The minimum atomic E-state index is -0.705. The molecule has 3 aromatic heterocycles. The van der Waals surface area contributed by atoms with Crippen molar-refractivity contribution in [3.8, 4) is 11.3 Å². The van der Waals surface area contributed by atoms with Gasteiger partial charge in [-0.05, 0) is 6.08 Å². The number of aromatic nitrogens is 5. The molecule has 9 heteroatoms. The van der Waals surface area contributed by atoms with Crippen LogP contribution in [0.5, 0.6) is 0 Å². The van der Waals surface area contributed by atoms with Crippen molar-refractivity contribution < 1.29 is 14.0 Å². The number of nitrogens with zero attached hydrogens (tertiary/aromatic N) is 4. The summed E-state index contributed by atoms with van der Waals surface area (Å²) in [5.74, 6) is -1.62. The third-order valence-electron chi connectivity index (χ3n) is 4.33. The number of hydrogen-bond acceptors (Lipinski definition) is 5. The first-order chi connectivity index (χ1) is 13.9. The van der Waals surface area contributed by atoms with E-state index in [1.807, 2.05) is 0 Å². The van der Waals surface area contributed by atoms with Gasteiger partial charge in [0.15, 0.2) is 11.5 Å². The van der Waals surface area contributed by atoms with Crippen LogP contribution < -0.4 is 5.73 Å². The van der Waals surface area contributed by atoms with Gasteiger partial charge in [0.05, 0.1) is 18.1 Å². The normalized spacial score (nSPS) is 11.4. The molecule has 8 nitrogen and oxygen atoms in total. The predicted molar refractivity (Wildman–Crippen MR) is 104 cm³/mol. The van der Waals surface area contributed by atoms with Gasteiger partial charge in [0, 0.05) is 36.0 Å². The number of halogens is 1. The van der Waals surface area contributed by atoms with Crippen LogP contribution >= 0.6 is 0 Å². The Labute approximate surface area is 163 Å². The topological polar surface area (TPSA) is 120 Å². The number of rotatable bonds is 5. The highest BCUT2D eigenvalue weighted by atomic mass is 19.1. The van der Waals surface area contributed by atoms with Gasteiger partial charge >= 0.3 is 0 Å². The first-order valence-corrected chi connectivity index (χ1v) is 8.58. The summed E-state index contributed by atoms with van der Waals surface area (Å²) in [6, 6.07) is 6.71. The predicted octanol–water partition coefficient (Wildman–Crippen LogP) is 2.23. The number of nitrogens with two attached hydrogens (primary N) is 1. The molecule has 0 aliphatic carbocycles. The maximum Gasteiger partial charge on any atom is 0.241 e. The summed E-state index contributed by atoms with van der Waals surface area (Å²) < 4.78 is 14.6. The molecule has 29 heavy (non-hydrogen) atoms. The Hall–Kier alpha value is -4.14. The van der Waals surface area contributed by atoms with E-state index in [4.69, 9.17) is 5.73 Å². The number of fused-ring (bicyclic) bond motifs is 1. The van der Waals surface area contributed by atoms with Crippen LogP contribution in [-0.4, -0.2) is 36.2 Å². The maximum absolute atomic E-state index is 13.2. The average molecular weight is 390 g/mol. The van der Waals surface area contributed by atoms with E-state index in [1.165, 1.54) is 10.6 Å². The second-order valence-corrected chi connectivity index (χ2v) is 6.34. The number of ketones is 1. The fourth-order valence-electron chi connectivity index (χ4n) is 2.91. The molecule has 0 aliphatic rings. The van der Waals surface area contributed by atoms with Crippen molar-refractivity contribution >= 4 is 28.9 Å². The fourth-order valence-corrected chi connectivity index (χ4v) is 2.91.